The van der Waals surface area contributed by atoms with Gasteiger partial charge in [-0.1, -0.05) is 159 Å². The maximum atomic E-state index is 5.83. The average Bonchev–Trinajstić information content (AvgIpc) is 4.03. The number of hydrogen-bond acceptors (Lipinski definition) is 3. The van der Waals surface area contributed by atoms with Crippen molar-refractivity contribution in [2.45, 2.75) is 13.0 Å². The molecule has 1 unspecified atom stereocenters. The fraction of sp³-hybridized carbons (Fsp3) is 0.0328. The van der Waals surface area contributed by atoms with E-state index in [-0.39, 0.29) is 0 Å². The number of benzene rings is 10. The Balaban J connectivity index is 1.06. The number of rotatable bonds is 7. The van der Waals surface area contributed by atoms with Crippen molar-refractivity contribution >= 4 is 128 Å². The molecule has 0 saturated carbocycles. The predicted octanol–water partition coefficient (Wildman–Crippen LogP) is 17.8. The minimum Gasteiger partial charge on any atom is -0.309 e. The number of aromatic nitrogens is 1. The lowest BCUT2D eigenvalue weighted by atomic mass is 9.88. The van der Waals surface area contributed by atoms with Gasteiger partial charge in [0.25, 0.3) is 0 Å². The molecule has 0 saturated heterocycles. The summed E-state index contributed by atoms with van der Waals surface area (Å²) in [7, 11) is 0. The lowest BCUT2D eigenvalue weighted by molar-refractivity contribution is 0.883. The first kappa shape index (κ1) is 37.9. The lowest BCUT2D eigenvalue weighted by Crippen LogP contribution is -2.07. The second-order valence-electron chi connectivity index (χ2n) is 17.2. The van der Waals surface area contributed by atoms with Gasteiger partial charge in [0.1, 0.15) is 6.04 Å². The van der Waals surface area contributed by atoms with E-state index in [9.17, 15) is 0 Å². The smallest absolute Gasteiger partial charge is 0.100 e. The molecule has 0 fully saturated rings. The summed E-state index contributed by atoms with van der Waals surface area (Å²) >= 11 is 3.68. The second kappa shape index (κ2) is 14.7. The molecule has 0 bridgehead atoms. The molecule has 10 aromatic carbocycles. The van der Waals surface area contributed by atoms with Gasteiger partial charge in [0.2, 0.25) is 0 Å². The van der Waals surface area contributed by atoms with Crippen LogP contribution in [0.5, 0.6) is 0 Å². The molecule has 0 aliphatic carbocycles. The summed E-state index contributed by atoms with van der Waals surface area (Å²) in [6.07, 6.45) is 0. The normalized spacial score (nSPS) is 12.8. The fourth-order valence-corrected chi connectivity index (χ4v) is 12.7. The molecule has 0 N–H and O–H groups in total. The SMILES string of the molecule is C=C(C(=C)C(N=C(C)c1cc(-n2c3cc4ccccc4cc3c3c4ccccc4ccc32)cc2sc3ccccc3c12)c1ccc2c(c1)sc1ccccc12)c1cccc2ccccc12. The van der Waals surface area contributed by atoms with Crippen LogP contribution in [0.25, 0.3) is 106 Å². The van der Waals surface area contributed by atoms with Crippen molar-refractivity contribution in [3.05, 3.63) is 230 Å². The molecule has 4 heteroatoms. The van der Waals surface area contributed by atoms with E-state index in [1.807, 2.05) is 22.7 Å². The molecule has 65 heavy (non-hydrogen) atoms. The van der Waals surface area contributed by atoms with Crippen molar-refractivity contribution in [2.24, 2.45) is 4.99 Å². The van der Waals surface area contributed by atoms with Gasteiger partial charge < -0.3 is 4.57 Å². The van der Waals surface area contributed by atoms with E-state index < -0.39 is 6.04 Å². The van der Waals surface area contributed by atoms with Crippen molar-refractivity contribution in [2.75, 3.05) is 0 Å². The van der Waals surface area contributed by atoms with Gasteiger partial charge in [-0.3, -0.25) is 4.99 Å². The standard InChI is InChI=1S/C61H40N2S2/c1-36(45-24-14-19-39-15-6-8-20-46(39)45)37(2)61(43-27-29-49-48-22-10-12-25-55(48)64-57(49)33-43)62-38(3)51-34-44(35-58-60(51)50-23-11-13-26-56(50)65-58)63-53-30-28-40-16-7-9-21-47(40)59(53)52-31-41-17-4-5-18-42(41)32-54(52)63/h4-35,61H,1-2H2,3H3. The van der Waals surface area contributed by atoms with Gasteiger partial charge in [0.15, 0.2) is 0 Å². The molecule has 0 spiro atoms. The quantitative estimate of drug-likeness (QED) is 0.112. The van der Waals surface area contributed by atoms with Gasteiger partial charge in [-0.2, -0.15) is 0 Å². The number of thiophene rings is 2. The Hall–Kier alpha value is -7.63. The van der Waals surface area contributed by atoms with Gasteiger partial charge in [-0.05, 0) is 110 Å². The Labute approximate surface area is 384 Å². The number of fused-ring (bicyclic) bond motifs is 13. The van der Waals surface area contributed by atoms with Crippen molar-refractivity contribution < 1.29 is 0 Å². The molecule has 306 valence electrons. The van der Waals surface area contributed by atoms with E-state index in [1.165, 1.54) is 89.1 Å². The second-order valence-corrected chi connectivity index (χ2v) is 19.4. The maximum absolute atomic E-state index is 5.83. The topological polar surface area (TPSA) is 17.3 Å². The zero-order valence-corrected chi connectivity index (χ0v) is 37.3. The van der Waals surface area contributed by atoms with E-state index in [0.717, 1.165) is 44.6 Å². The molecular weight excluding hydrogens is 825 g/mol. The third-order valence-corrected chi connectivity index (χ3v) is 15.8. The summed E-state index contributed by atoms with van der Waals surface area (Å²) in [5.41, 5.74) is 9.49. The highest BCUT2D eigenvalue weighted by molar-refractivity contribution is 7.26. The van der Waals surface area contributed by atoms with Gasteiger partial charge in [0, 0.05) is 68.1 Å². The Bertz CT molecular complexity index is 4190. The fourth-order valence-electron chi connectivity index (χ4n) is 10.4. The number of aliphatic imine (C=N–C) groups is 1. The van der Waals surface area contributed by atoms with Gasteiger partial charge >= 0.3 is 0 Å². The number of hydrogen-bond donors (Lipinski definition) is 0. The molecular formula is C61H40N2S2. The highest BCUT2D eigenvalue weighted by atomic mass is 32.1. The number of nitrogens with zero attached hydrogens (tertiary/aromatic N) is 2. The monoisotopic (exact) mass is 864 g/mol. The Morgan fingerprint density at radius 3 is 1.86 bits per heavy atom. The predicted molar refractivity (Wildman–Crippen MR) is 285 cm³/mol. The van der Waals surface area contributed by atoms with Crippen LogP contribution in [-0.4, -0.2) is 10.3 Å². The van der Waals surface area contributed by atoms with Crippen molar-refractivity contribution in [1.82, 2.24) is 4.57 Å². The van der Waals surface area contributed by atoms with Gasteiger partial charge in [-0.15, -0.1) is 22.7 Å². The molecule has 13 rings (SSSR count). The van der Waals surface area contributed by atoms with Gasteiger partial charge in [0.05, 0.1) is 11.0 Å². The van der Waals surface area contributed by atoms with E-state index in [4.69, 9.17) is 18.2 Å². The first-order valence-corrected chi connectivity index (χ1v) is 23.7. The molecule has 1 atom stereocenters. The van der Waals surface area contributed by atoms with Crippen molar-refractivity contribution in [1.29, 1.82) is 0 Å². The molecule has 2 nitrogen and oxygen atoms in total. The van der Waals surface area contributed by atoms with Gasteiger partial charge in [-0.25, -0.2) is 0 Å². The summed E-state index contributed by atoms with van der Waals surface area (Å²) in [5.74, 6) is 0. The largest absolute Gasteiger partial charge is 0.309 e. The summed E-state index contributed by atoms with van der Waals surface area (Å²) in [6, 6.07) is 70.5. The average molecular weight is 865 g/mol. The minimum absolute atomic E-state index is 0.398. The first-order valence-electron chi connectivity index (χ1n) is 22.1. The van der Waals surface area contributed by atoms with Crippen LogP contribution in [0.1, 0.15) is 29.7 Å². The summed E-state index contributed by atoms with van der Waals surface area (Å²) in [6.45, 7) is 11.8. The molecule has 3 aromatic heterocycles. The Morgan fingerprint density at radius 2 is 1.06 bits per heavy atom. The van der Waals surface area contributed by atoms with E-state index >= 15 is 0 Å². The lowest BCUT2D eigenvalue weighted by Gasteiger charge is -2.21. The van der Waals surface area contributed by atoms with Crippen LogP contribution in [0.3, 0.4) is 0 Å². The molecule has 0 aliphatic rings. The summed E-state index contributed by atoms with van der Waals surface area (Å²) < 4.78 is 7.49. The van der Waals surface area contributed by atoms with Crippen molar-refractivity contribution in [3.8, 4) is 5.69 Å². The maximum Gasteiger partial charge on any atom is 0.100 e. The molecule has 0 radical (unpaired) electrons. The highest BCUT2D eigenvalue weighted by Crippen LogP contribution is 2.45. The molecule has 0 aliphatic heterocycles. The van der Waals surface area contributed by atoms with Crippen LogP contribution < -0.4 is 0 Å². The van der Waals surface area contributed by atoms with Crippen LogP contribution in [0.4, 0.5) is 0 Å². The third-order valence-electron chi connectivity index (χ3n) is 13.5. The van der Waals surface area contributed by atoms with Crippen LogP contribution in [-0.2, 0) is 0 Å². The molecule has 13 aromatic rings. The van der Waals surface area contributed by atoms with Crippen LogP contribution in [0.2, 0.25) is 0 Å². The van der Waals surface area contributed by atoms with Crippen LogP contribution in [0.15, 0.2) is 218 Å². The van der Waals surface area contributed by atoms with Crippen LogP contribution >= 0.6 is 22.7 Å². The molecule has 3 heterocycles. The Kier molecular flexibility index (Phi) is 8.58. The highest BCUT2D eigenvalue weighted by Gasteiger charge is 2.24. The zero-order valence-electron chi connectivity index (χ0n) is 35.7. The first-order chi connectivity index (χ1) is 32.0. The minimum atomic E-state index is -0.398. The van der Waals surface area contributed by atoms with Crippen LogP contribution in [0, 0.1) is 0 Å². The zero-order chi connectivity index (χ0) is 43.3. The third kappa shape index (κ3) is 5.95. The van der Waals surface area contributed by atoms with E-state index in [1.54, 1.807) is 0 Å². The van der Waals surface area contributed by atoms with Crippen molar-refractivity contribution in [3.63, 3.8) is 0 Å². The summed E-state index contributed by atoms with van der Waals surface area (Å²) in [5, 5.41) is 14.8. The molecule has 0 amide bonds. The summed E-state index contributed by atoms with van der Waals surface area (Å²) in [4.78, 5) is 5.83. The van der Waals surface area contributed by atoms with E-state index in [0.29, 0.717) is 0 Å². The Morgan fingerprint density at radius 1 is 0.446 bits per heavy atom. The van der Waals surface area contributed by atoms with E-state index in [2.05, 4.69) is 206 Å².